The van der Waals surface area contributed by atoms with E-state index in [0.717, 1.165) is 6.26 Å². The third kappa shape index (κ3) is 3.87. The van der Waals surface area contributed by atoms with E-state index in [1.807, 2.05) is 11.9 Å². The molecule has 1 heterocycles. The maximum Gasteiger partial charge on any atom is 0.175 e. The fourth-order valence-electron chi connectivity index (χ4n) is 2.55. The molecule has 118 valence electrons. The molecule has 7 heteroatoms. The van der Waals surface area contributed by atoms with Gasteiger partial charge in [0.1, 0.15) is 0 Å². The lowest BCUT2D eigenvalue weighted by molar-refractivity contribution is -0.0572. The average Bonchev–Trinajstić information content (AvgIpc) is 2.37. The molecule has 21 heavy (non-hydrogen) atoms. The first-order chi connectivity index (χ1) is 9.71. The molecule has 0 aliphatic carbocycles. The minimum Gasteiger partial charge on any atom is -0.397 e. The van der Waals surface area contributed by atoms with E-state index in [4.69, 9.17) is 10.5 Å². The smallest absolute Gasteiger partial charge is 0.175 e. The molecule has 0 bridgehead atoms. The molecule has 1 fully saturated rings. The van der Waals surface area contributed by atoms with Gasteiger partial charge in [0, 0.05) is 45.9 Å². The van der Waals surface area contributed by atoms with Crippen molar-refractivity contribution in [3.63, 3.8) is 0 Å². The van der Waals surface area contributed by atoms with E-state index < -0.39 is 15.4 Å². The number of hydrogen-bond donors (Lipinski definition) is 2. The van der Waals surface area contributed by atoms with Crippen LogP contribution in [-0.4, -0.2) is 52.2 Å². The molecule has 0 atom stereocenters. The van der Waals surface area contributed by atoms with E-state index in [2.05, 4.69) is 0 Å². The Kier molecular flexibility index (Phi) is 4.46. The van der Waals surface area contributed by atoms with E-state index in [0.29, 0.717) is 44.0 Å². The molecular formula is C14H22N2O4S. The number of anilines is 2. The number of nitrogens with two attached hydrogens (primary N) is 1. The Hall–Kier alpha value is -1.31. The van der Waals surface area contributed by atoms with Gasteiger partial charge in [-0.1, -0.05) is 0 Å². The van der Waals surface area contributed by atoms with Crippen LogP contribution in [0.2, 0.25) is 0 Å². The zero-order valence-corrected chi connectivity index (χ0v) is 13.2. The second-order valence-electron chi connectivity index (χ2n) is 5.69. The minimum atomic E-state index is -3.27. The van der Waals surface area contributed by atoms with Crippen LogP contribution in [0.25, 0.3) is 0 Å². The van der Waals surface area contributed by atoms with Crippen LogP contribution >= 0.6 is 0 Å². The summed E-state index contributed by atoms with van der Waals surface area (Å²) < 4.78 is 28.3. The summed E-state index contributed by atoms with van der Waals surface area (Å²) >= 11 is 0. The molecule has 2 rings (SSSR count). The molecule has 1 saturated heterocycles. The molecule has 1 aromatic carbocycles. The van der Waals surface area contributed by atoms with Gasteiger partial charge in [0.15, 0.2) is 9.84 Å². The third-order valence-corrected chi connectivity index (χ3v) is 4.90. The van der Waals surface area contributed by atoms with E-state index >= 15 is 0 Å². The fraction of sp³-hybridized carbons (Fsp3) is 0.571. The molecule has 0 amide bonds. The van der Waals surface area contributed by atoms with Crippen LogP contribution in [0.5, 0.6) is 0 Å². The molecule has 1 aromatic rings. The van der Waals surface area contributed by atoms with Crippen molar-refractivity contribution in [3.8, 4) is 0 Å². The van der Waals surface area contributed by atoms with E-state index in [1.54, 1.807) is 6.07 Å². The number of rotatable bonds is 4. The van der Waals surface area contributed by atoms with E-state index in [-0.39, 0.29) is 4.90 Å². The summed E-state index contributed by atoms with van der Waals surface area (Å²) in [5, 5.41) is 10.5. The van der Waals surface area contributed by atoms with Crippen LogP contribution in [0.15, 0.2) is 23.1 Å². The van der Waals surface area contributed by atoms with E-state index in [9.17, 15) is 13.5 Å². The number of sulfone groups is 1. The SMILES string of the molecule is CN(CC1(O)CCOCC1)c1ccc(S(C)(=O)=O)cc1N. The maximum atomic E-state index is 11.5. The van der Waals surface area contributed by atoms with Gasteiger partial charge < -0.3 is 20.5 Å². The van der Waals surface area contributed by atoms with Gasteiger partial charge >= 0.3 is 0 Å². The number of nitrogens with zero attached hydrogens (tertiary/aromatic N) is 1. The molecule has 0 aromatic heterocycles. The van der Waals surface area contributed by atoms with Gasteiger partial charge in [-0.15, -0.1) is 0 Å². The summed E-state index contributed by atoms with van der Waals surface area (Å²) in [4.78, 5) is 2.05. The molecule has 0 unspecified atom stereocenters. The summed E-state index contributed by atoms with van der Waals surface area (Å²) in [7, 11) is -1.44. The maximum absolute atomic E-state index is 11.5. The van der Waals surface area contributed by atoms with Crippen LogP contribution < -0.4 is 10.6 Å². The Labute approximate surface area is 125 Å². The topological polar surface area (TPSA) is 92.9 Å². The predicted octanol–water partition coefficient (Wildman–Crippen LogP) is 0.650. The quantitative estimate of drug-likeness (QED) is 0.793. The van der Waals surface area contributed by atoms with Gasteiger partial charge in [0.2, 0.25) is 0 Å². The van der Waals surface area contributed by atoms with Crippen LogP contribution in [0.3, 0.4) is 0 Å². The van der Waals surface area contributed by atoms with Crippen molar-refractivity contribution in [2.45, 2.75) is 23.3 Å². The van der Waals surface area contributed by atoms with Crippen LogP contribution in [0, 0.1) is 0 Å². The van der Waals surface area contributed by atoms with Crippen molar-refractivity contribution >= 4 is 21.2 Å². The number of aliphatic hydroxyl groups is 1. The Morgan fingerprint density at radius 1 is 1.38 bits per heavy atom. The van der Waals surface area contributed by atoms with Gasteiger partial charge in [0.05, 0.1) is 21.9 Å². The number of nitrogen functional groups attached to an aromatic ring is 1. The Bertz CT molecular complexity index is 609. The zero-order valence-electron chi connectivity index (χ0n) is 12.4. The fourth-order valence-corrected chi connectivity index (χ4v) is 3.20. The third-order valence-electron chi connectivity index (χ3n) is 3.79. The number of ether oxygens (including phenoxy) is 1. The first kappa shape index (κ1) is 16.1. The Morgan fingerprint density at radius 3 is 2.52 bits per heavy atom. The largest absolute Gasteiger partial charge is 0.397 e. The highest BCUT2D eigenvalue weighted by Gasteiger charge is 2.31. The number of hydrogen-bond acceptors (Lipinski definition) is 6. The zero-order chi connectivity index (χ0) is 15.7. The van der Waals surface area contributed by atoms with Crippen LogP contribution in [0.4, 0.5) is 11.4 Å². The monoisotopic (exact) mass is 314 g/mol. The molecule has 0 radical (unpaired) electrons. The van der Waals surface area contributed by atoms with Gasteiger partial charge in [-0.25, -0.2) is 8.42 Å². The highest BCUT2D eigenvalue weighted by molar-refractivity contribution is 7.90. The van der Waals surface area contributed by atoms with E-state index in [1.165, 1.54) is 12.1 Å². The Morgan fingerprint density at radius 2 is 2.00 bits per heavy atom. The summed E-state index contributed by atoms with van der Waals surface area (Å²) in [5.41, 5.74) is 6.25. The molecule has 1 aliphatic heterocycles. The molecule has 0 saturated carbocycles. The van der Waals surface area contributed by atoms with Crippen molar-refractivity contribution in [2.75, 3.05) is 43.7 Å². The van der Waals surface area contributed by atoms with Gasteiger partial charge in [-0.3, -0.25) is 0 Å². The van der Waals surface area contributed by atoms with Crippen LogP contribution in [0.1, 0.15) is 12.8 Å². The summed E-state index contributed by atoms with van der Waals surface area (Å²) in [6, 6.07) is 4.66. The number of likely N-dealkylation sites (N-methyl/N-ethyl adjacent to an activating group) is 1. The highest BCUT2D eigenvalue weighted by atomic mass is 32.2. The van der Waals surface area contributed by atoms with Gasteiger partial charge in [-0.05, 0) is 18.2 Å². The van der Waals surface area contributed by atoms with Gasteiger partial charge in [0.25, 0.3) is 0 Å². The number of benzene rings is 1. The molecule has 6 nitrogen and oxygen atoms in total. The molecule has 3 N–H and O–H groups in total. The molecular weight excluding hydrogens is 292 g/mol. The average molecular weight is 314 g/mol. The van der Waals surface area contributed by atoms with Crippen molar-refractivity contribution in [1.82, 2.24) is 0 Å². The van der Waals surface area contributed by atoms with Crippen molar-refractivity contribution in [2.24, 2.45) is 0 Å². The normalized spacial score (nSPS) is 18.4. The second-order valence-corrected chi connectivity index (χ2v) is 7.70. The predicted molar refractivity (Wildman–Crippen MR) is 82.2 cm³/mol. The lowest BCUT2D eigenvalue weighted by atomic mass is 9.93. The molecule has 0 spiro atoms. The van der Waals surface area contributed by atoms with Gasteiger partial charge in [-0.2, -0.15) is 0 Å². The van der Waals surface area contributed by atoms with Crippen molar-refractivity contribution < 1.29 is 18.3 Å². The molecule has 1 aliphatic rings. The first-order valence-corrected chi connectivity index (χ1v) is 8.71. The Balaban J connectivity index is 2.18. The standard InChI is InChI=1S/C14H22N2O4S/c1-16(10-14(17)5-7-20-8-6-14)13-4-3-11(9-12(13)15)21(2,18)19/h3-4,9,17H,5-8,10,15H2,1-2H3. The first-order valence-electron chi connectivity index (χ1n) is 6.82. The lowest BCUT2D eigenvalue weighted by Crippen LogP contribution is -2.45. The lowest BCUT2D eigenvalue weighted by Gasteiger charge is -2.36. The summed E-state index contributed by atoms with van der Waals surface area (Å²) in [6.45, 7) is 1.53. The summed E-state index contributed by atoms with van der Waals surface area (Å²) in [5.74, 6) is 0. The second kappa shape index (κ2) is 5.82. The minimum absolute atomic E-state index is 0.196. The van der Waals surface area contributed by atoms with Crippen LogP contribution in [-0.2, 0) is 14.6 Å². The highest BCUT2D eigenvalue weighted by Crippen LogP contribution is 2.29. The van der Waals surface area contributed by atoms with Crippen molar-refractivity contribution in [1.29, 1.82) is 0 Å². The van der Waals surface area contributed by atoms with Crippen molar-refractivity contribution in [3.05, 3.63) is 18.2 Å². The summed E-state index contributed by atoms with van der Waals surface area (Å²) in [6.07, 6.45) is 2.31.